The molecule has 0 bridgehead atoms. The van der Waals surface area contributed by atoms with Gasteiger partial charge in [0.15, 0.2) is 0 Å². The molecule has 0 spiro atoms. The molecule has 0 aliphatic heterocycles. The summed E-state index contributed by atoms with van der Waals surface area (Å²) in [5.74, 6) is 0.0426. The van der Waals surface area contributed by atoms with Crippen LogP contribution in [0.5, 0.6) is 11.5 Å². The van der Waals surface area contributed by atoms with Crippen molar-refractivity contribution in [3.63, 3.8) is 0 Å². The third kappa shape index (κ3) is 11.6. The monoisotopic (exact) mass is 571 g/mol. The molecule has 4 aromatic carbocycles. The van der Waals surface area contributed by atoms with Crippen LogP contribution in [0, 0.1) is 0 Å². The lowest BCUT2D eigenvalue weighted by Crippen LogP contribution is -2.24. The highest BCUT2D eigenvalue weighted by atomic mass is 28.3. The Balaban J connectivity index is 0.000000239. The molecule has 0 unspecified atom stereocenters. The van der Waals surface area contributed by atoms with Crippen molar-refractivity contribution in [2.45, 2.75) is 38.9 Å². The van der Waals surface area contributed by atoms with E-state index >= 15 is 0 Å². The molecule has 0 aliphatic rings. The van der Waals surface area contributed by atoms with Gasteiger partial charge in [0.1, 0.15) is 30.3 Å². The van der Waals surface area contributed by atoms with Crippen LogP contribution in [0.15, 0.2) is 109 Å². The van der Waals surface area contributed by atoms with E-state index in [1.54, 1.807) is 24.3 Å². The number of para-hydroxylation sites is 3. The maximum absolute atomic E-state index is 12.0. The first-order valence-electron chi connectivity index (χ1n) is 13.4. The molecule has 0 fully saturated rings. The molecule has 1 amide bonds. The summed E-state index contributed by atoms with van der Waals surface area (Å²) in [4.78, 5) is 22.9. The van der Waals surface area contributed by atoms with E-state index in [1.165, 1.54) is 6.07 Å². The first-order chi connectivity index (χ1) is 19.7. The maximum atomic E-state index is 12.0. The molecule has 0 heterocycles. The van der Waals surface area contributed by atoms with Gasteiger partial charge in [0.25, 0.3) is 0 Å². The lowest BCUT2D eigenvalue weighted by Gasteiger charge is -2.16. The van der Waals surface area contributed by atoms with Crippen LogP contribution in [0.25, 0.3) is 0 Å². The van der Waals surface area contributed by atoms with Gasteiger partial charge in [0.2, 0.25) is 0 Å². The zero-order chi connectivity index (χ0) is 29.5. The highest BCUT2D eigenvalue weighted by Gasteiger charge is 2.15. The minimum atomic E-state index is -1.21. The Kier molecular flexibility index (Phi) is 12.0. The lowest BCUT2D eigenvalue weighted by atomic mass is 10.2. The van der Waals surface area contributed by atoms with Gasteiger partial charge in [-0.15, -0.1) is 0 Å². The van der Waals surface area contributed by atoms with Crippen LogP contribution in [-0.2, 0) is 18.0 Å². The Morgan fingerprint density at radius 3 is 1.73 bits per heavy atom. The number of anilines is 1. The molecule has 7 nitrogen and oxygen atoms in total. The number of amides is 1. The quantitative estimate of drug-likeness (QED) is 0.177. The molecule has 4 aromatic rings. The van der Waals surface area contributed by atoms with Gasteiger partial charge in [0.05, 0.1) is 12.3 Å². The van der Waals surface area contributed by atoms with Crippen molar-refractivity contribution in [1.82, 2.24) is 0 Å². The van der Waals surface area contributed by atoms with E-state index < -0.39 is 20.1 Å². The van der Waals surface area contributed by atoms with Gasteiger partial charge >= 0.3 is 12.1 Å². The smallest absolute Gasteiger partial charge is 0.411 e. The first-order valence-corrected chi connectivity index (χ1v) is 17.1. The Bertz CT molecular complexity index is 1370. The number of carboxylic acids is 1. The summed E-state index contributed by atoms with van der Waals surface area (Å²) in [5, 5.41) is 11.7. The molecular formula is C33H37NO6Si. The molecule has 0 saturated carbocycles. The minimum Gasteiger partial charge on any atom is -0.488 e. The summed E-state index contributed by atoms with van der Waals surface area (Å²) >= 11 is 0. The summed E-state index contributed by atoms with van der Waals surface area (Å²) < 4.78 is 16.6. The second-order valence-corrected chi connectivity index (χ2v) is 16.0. The Labute approximate surface area is 242 Å². The first kappa shape index (κ1) is 31.0. The minimum absolute atomic E-state index is 0.184. The Hall–Kier alpha value is -4.56. The van der Waals surface area contributed by atoms with Crippen LogP contribution >= 0.6 is 0 Å². The standard InChI is InChI=1S/C19H25NO3Si.C14H12O3/c1-24(2,3)14-13-22-19(21)20-17-11-7-8-12-18(17)23-15-16-9-5-4-6-10-16;15-14(16)12-8-4-5-9-13(12)17-10-11-6-2-1-3-7-11/h4-12H,13-15H2,1-3H3,(H,20,21);1-9H,10H2,(H,15,16). The number of ether oxygens (including phenoxy) is 3. The average Bonchev–Trinajstić information content (AvgIpc) is 2.96. The van der Waals surface area contributed by atoms with Gasteiger partial charge in [-0.2, -0.15) is 0 Å². The SMILES string of the molecule is C[Si](C)(C)CCOC(=O)Nc1ccccc1OCc1ccccc1.O=C(O)c1ccccc1OCc1ccccc1. The number of benzene rings is 4. The van der Waals surface area contributed by atoms with Gasteiger partial charge in [-0.05, 0) is 41.4 Å². The van der Waals surface area contributed by atoms with E-state index in [1.807, 2.05) is 78.9 Å². The number of hydrogen-bond donors (Lipinski definition) is 2. The number of hydrogen-bond acceptors (Lipinski definition) is 5. The van der Waals surface area contributed by atoms with Gasteiger partial charge in [0, 0.05) is 8.07 Å². The highest BCUT2D eigenvalue weighted by Crippen LogP contribution is 2.25. The maximum Gasteiger partial charge on any atom is 0.411 e. The van der Waals surface area contributed by atoms with E-state index in [2.05, 4.69) is 25.0 Å². The molecule has 8 heteroatoms. The fourth-order valence-corrected chi connectivity index (χ4v) is 4.25. The van der Waals surface area contributed by atoms with Gasteiger partial charge in [-0.25, -0.2) is 9.59 Å². The average molecular weight is 572 g/mol. The number of carboxylic acid groups (broad SMARTS) is 1. The second kappa shape index (κ2) is 15.9. The zero-order valence-corrected chi connectivity index (χ0v) is 24.7. The fraction of sp³-hybridized carbons (Fsp3) is 0.212. The van der Waals surface area contributed by atoms with Crippen molar-refractivity contribution >= 4 is 25.8 Å². The number of rotatable bonds is 11. The van der Waals surface area contributed by atoms with Crippen LogP contribution in [0.2, 0.25) is 25.7 Å². The molecule has 0 aliphatic carbocycles. The third-order valence-electron chi connectivity index (χ3n) is 5.80. The molecule has 0 atom stereocenters. The molecule has 4 rings (SSSR count). The summed E-state index contributed by atoms with van der Waals surface area (Å²) in [6.45, 7) is 8.02. The lowest BCUT2D eigenvalue weighted by molar-refractivity contribution is 0.0691. The number of nitrogens with one attached hydrogen (secondary N) is 1. The summed E-state index contributed by atoms with van der Waals surface area (Å²) in [5.41, 5.74) is 2.88. The third-order valence-corrected chi connectivity index (χ3v) is 7.50. The van der Waals surface area contributed by atoms with Gasteiger partial charge < -0.3 is 19.3 Å². The topological polar surface area (TPSA) is 94.1 Å². The number of carbonyl (C=O) groups excluding carboxylic acids is 1. The van der Waals surface area contributed by atoms with Crippen molar-refractivity contribution in [3.8, 4) is 11.5 Å². The van der Waals surface area contributed by atoms with E-state index in [-0.39, 0.29) is 5.56 Å². The fourth-order valence-electron chi connectivity index (χ4n) is 3.53. The second-order valence-electron chi connectivity index (χ2n) is 10.4. The van der Waals surface area contributed by atoms with E-state index in [0.29, 0.717) is 37.0 Å². The predicted molar refractivity (Wildman–Crippen MR) is 165 cm³/mol. The zero-order valence-electron chi connectivity index (χ0n) is 23.7. The van der Waals surface area contributed by atoms with E-state index in [9.17, 15) is 9.59 Å². The summed E-state index contributed by atoms with van der Waals surface area (Å²) in [6, 6.07) is 34.5. The largest absolute Gasteiger partial charge is 0.488 e. The molecule has 0 radical (unpaired) electrons. The highest BCUT2D eigenvalue weighted by molar-refractivity contribution is 6.76. The van der Waals surface area contributed by atoms with E-state index in [4.69, 9.17) is 19.3 Å². The van der Waals surface area contributed by atoms with Crippen molar-refractivity contribution in [2.24, 2.45) is 0 Å². The normalized spacial score (nSPS) is 10.5. The van der Waals surface area contributed by atoms with Crippen molar-refractivity contribution in [2.75, 3.05) is 11.9 Å². The van der Waals surface area contributed by atoms with Crippen LogP contribution in [0.1, 0.15) is 21.5 Å². The Morgan fingerprint density at radius 2 is 1.17 bits per heavy atom. The molecule has 0 aromatic heterocycles. The predicted octanol–water partition coefficient (Wildman–Crippen LogP) is 8.12. The van der Waals surface area contributed by atoms with Crippen molar-refractivity contribution in [1.29, 1.82) is 0 Å². The van der Waals surface area contributed by atoms with Crippen molar-refractivity contribution in [3.05, 3.63) is 126 Å². The van der Waals surface area contributed by atoms with Gasteiger partial charge in [-0.3, -0.25) is 5.32 Å². The number of aromatic carboxylic acids is 1. The van der Waals surface area contributed by atoms with Crippen molar-refractivity contribution < 1.29 is 28.9 Å². The number of carbonyl (C=O) groups is 2. The summed E-state index contributed by atoms with van der Waals surface area (Å²) in [7, 11) is -1.21. The molecular weight excluding hydrogens is 534 g/mol. The van der Waals surface area contributed by atoms with Crippen LogP contribution in [0.3, 0.4) is 0 Å². The van der Waals surface area contributed by atoms with Crippen LogP contribution in [0.4, 0.5) is 10.5 Å². The molecule has 214 valence electrons. The van der Waals surface area contributed by atoms with Gasteiger partial charge in [-0.1, -0.05) is 105 Å². The van der Waals surface area contributed by atoms with E-state index in [0.717, 1.165) is 17.2 Å². The molecule has 2 N–H and O–H groups in total. The molecule has 0 saturated heterocycles. The molecule has 41 heavy (non-hydrogen) atoms. The summed E-state index contributed by atoms with van der Waals surface area (Å²) in [6.07, 6.45) is -0.441. The Morgan fingerprint density at radius 1 is 0.683 bits per heavy atom. The van der Waals surface area contributed by atoms with Crippen LogP contribution < -0.4 is 14.8 Å². The van der Waals surface area contributed by atoms with Crippen LogP contribution in [-0.4, -0.2) is 31.8 Å².